The van der Waals surface area contributed by atoms with Gasteiger partial charge in [-0.15, -0.1) is 26.3 Å². The number of carbonyl (C=O) groups excluding carboxylic acids is 1. The zero-order valence-electron chi connectivity index (χ0n) is 17.5. The Morgan fingerprint density at radius 2 is 1.39 bits per heavy atom. The summed E-state index contributed by atoms with van der Waals surface area (Å²) in [5.41, 5.74) is 2.55. The summed E-state index contributed by atoms with van der Waals surface area (Å²) in [5, 5.41) is 3.33. The molecule has 1 atom stereocenters. The molecule has 10 heteroatoms. The van der Waals surface area contributed by atoms with Crippen molar-refractivity contribution in [3.05, 3.63) is 59.2 Å². The highest BCUT2D eigenvalue weighted by atomic mass is 19.4. The summed E-state index contributed by atoms with van der Waals surface area (Å²) in [6.45, 7) is 2.02. The summed E-state index contributed by atoms with van der Waals surface area (Å²) < 4.78 is 79.5. The van der Waals surface area contributed by atoms with Crippen molar-refractivity contribution >= 4 is 6.29 Å². The first-order valence-corrected chi connectivity index (χ1v) is 10.4. The van der Waals surface area contributed by atoms with Gasteiger partial charge in [-0.1, -0.05) is 6.07 Å². The average Bonchev–Trinajstić information content (AvgIpc) is 3.16. The van der Waals surface area contributed by atoms with E-state index in [9.17, 15) is 31.1 Å². The Labute approximate surface area is 186 Å². The highest BCUT2D eigenvalue weighted by Gasteiger charge is 2.34. The molecule has 0 radical (unpaired) electrons. The number of ether oxygens (including phenoxy) is 2. The number of halogens is 6. The minimum Gasteiger partial charge on any atom is -0.406 e. The summed E-state index contributed by atoms with van der Waals surface area (Å²) in [4.78, 5) is 10.1. The van der Waals surface area contributed by atoms with Gasteiger partial charge in [-0.25, -0.2) is 0 Å². The minimum atomic E-state index is -4.69. The van der Waals surface area contributed by atoms with Crippen LogP contribution in [-0.2, 0) is 6.42 Å². The fraction of sp³-hybridized carbons (Fsp3) is 0.435. The molecule has 0 bridgehead atoms. The van der Waals surface area contributed by atoms with Crippen LogP contribution in [-0.4, -0.2) is 32.1 Å². The molecule has 1 N–H and O–H groups in total. The van der Waals surface area contributed by atoms with Gasteiger partial charge in [0.05, 0.1) is 0 Å². The normalized spacial score (nSPS) is 18.7. The first-order valence-electron chi connectivity index (χ1n) is 10.4. The highest BCUT2D eigenvalue weighted by molar-refractivity contribution is 5.74. The number of rotatable bonds is 4. The number of aldehydes is 1. The van der Waals surface area contributed by atoms with Gasteiger partial charge >= 0.3 is 12.7 Å². The topological polar surface area (TPSA) is 47.6 Å². The van der Waals surface area contributed by atoms with Crippen molar-refractivity contribution < 1.29 is 40.6 Å². The minimum absolute atomic E-state index is 0.0860. The van der Waals surface area contributed by atoms with Crippen LogP contribution in [0.1, 0.15) is 46.7 Å². The highest BCUT2D eigenvalue weighted by Crippen LogP contribution is 2.43. The van der Waals surface area contributed by atoms with Crippen LogP contribution in [0.15, 0.2) is 42.5 Å². The van der Waals surface area contributed by atoms with Crippen molar-refractivity contribution in [3.8, 4) is 11.5 Å². The van der Waals surface area contributed by atoms with Gasteiger partial charge in [-0.3, -0.25) is 4.79 Å². The third-order valence-electron chi connectivity index (χ3n) is 5.68. The molecule has 1 unspecified atom stereocenters. The third-order valence-corrected chi connectivity index (χ3v) is 5.68. The molecule has 4 rings (SSSR count). The van der Waals surface area contributed by atoms with E-state index in [1.165, 1.54) is 23.8 Å². The molecular formula is C23H23F6NO3. The van der Waals surface area contributed by atoms with Crippen molar-refractivity contribution in [1.82, 2.24) is 5.32 Å². The molecule has 0 spiro atoms. The van der Waals surface area contributed by atoms with Gasteiger partial charge in [-0.05, 0) is 98.1 Å². The van der Waals surface area contributed by atoms with Crippen molar-refractivity contribution in [1.29, 1.82) is 0 Å². The molecular weight excluding hydrogens is 452 g/mol. The Bertz CT molecular complexity index is 921. The van der Waals surface area contributed by atoms with E-state index in [0.29, 0.717) is 23.7 Å². The van der Waals surface area contributed by atoms with E-state index in [-0.39, 0.29) is 11.5 Å². The van der Waals surface area contributed by atoms with Gasteiger partial charge in [0, 0.05) is 5.56 Å². The summed E-state index contributed by atoms with van der Waals surface area (Å²) >= 11 is 0. The van der Waals surface area contributed by atoms with E-state index < -0.39 is 12.7 Å². The molecule has 2 aromatic carbocycles. The Balaban J connectivity index is 0.000000205. The van der Waals surface area contributed by atoms with E-state index in [1.54, 1.807) is 12.1 Å². The second kappa shape index (κ2) is 10.5. The van der Waals surface area contributed by atoms with Gasteiger partial charge in [0.2, 0.25) is 0 Å². The number of hydrogen-bond acceptors (Lipinski definition) is 4. The zero-order chi connectivity index (χ0) is 24.1. The monoisotopic (exact) mass is 475 g/mol. The molecule has 180 valence electrons. The second-order valence-corrected chi connectivity index (χ2v) is 7.88. The predicted molar refractivity (Wildman–Crippen MR) is 108 cm³/mol. The number of benzene rings is 2. The van der Waals surface area contributed by atoms with Crippen molar-refractivity contribution in [2.24, 2.45) is 5.92 Å². The number of aryl methyl sites for hydroxylation is 1. The van der Waals surface area contributed by atoms with Crippen LogP contribution in [0.3, 0.4) is 0 Å². The van der Waals surface area contributed by atoms with Crippen LogP contribution in [0.5, 0.6) is 11.5 Å². The molecule has 1 saturated heterocycles. The molecule has 33 heavy (non-hydrogen) atoms. The summed E-state index contributed by atoms with van der Waals surface area (Å²) in [5.74, 6) is 0.553. The SMILES string of the molecule is FC(F)(F)Oc1ccc2c(c1)C(C1CCNCC1)CC2.O=Cc1ccc(OC(F)(F)F)cc1. The first kappa shape index (κ1) is 24.9. The maximum atomic E-state index is 12.3. The van der Waals surface area contributed by atoms with Gasteiger partial charge in [0.1, 0.15) is 17.8 Å². The molecule has 0 saturated carbocycles. The lowest BCUT2D eigenvalue weighted by Crippen LogP contribution is -2.30. The smallest absolute Gasteiger partial charge is 0.406 e. The van der Waals surface area contributed by atoms with Crippen molar-refractivity contribution in [3.63, 3.8) is 0 Å². The fourth-order valence-corrected chi connectivity index (χ4v) is 4.29. The largest absolute Gasteiger partial charge is 0.573 e. The molecule has 1 heterocycles. The molecule has 1 aliphatic heterocycles. The Kier molecular flexibility index (Phi) is 7.88. The maximum absolute atomic E-state index is 12.3. The fourth-order valence-electron chi connectivity index (χ4n) is 4.29. The van der Waals surface area contributed by atoms with Crippen molar-refractivity contribution in [2.45, 2.75) is 44.3 Å². The quantitative estimate of drug-likeness (QED) is 0.435. The summed E-state index contributed by atoms with van der Waals surface area (Å²) in [6, 6.07) is 9.47. The number of carbonyl (C=O) groups is 1. The van der Waals surface area contributed by atoms with Crippen LogP contribution >= 0.6 is 0 Å². The zero-order valence-corrected chi connectivity index (χ0v) is 17.5. The Morgan fingerprint density at radius 3 is 1.97 bits per heavy atom. The molecule has 0 amide bonds. The molecule has 2 aliphatic rings. The number of hydrogen-bond donors (Lipinski definition) is 1. The molecule has 2 aromatic rings. The van der Waals surface area contributed by atoms with E-state index >= 15 is 0 Å². The predicted octanol–water partition coefficient (Wildman–Crippen LogP) is 6.01. The van der Waals surface area contributed by atoms with Gasteiger partial charge < -0.3 is 14.8 Å². The Hall–Kier alpha value is -2.75. The second-order valence-electron chi connectivity index (χ2n) is 7.88. The lowest BCUT2D eigenvalue weighted by Gasteiger charge is -2.28. The van der Waals surface area contributed by atoms with E-state index in [1.807, 2.05) is 0 Å². The Morgan fingerprint density at radius 1 is 0.818 bits per heavy atom. The van der Waals surface area contributed by atoms with Crippen LogP contribution in [0.4, 0.5) is 26.3 Å². The van der Waals surface area contributed by atoms with Gasteiger partial charge in [0.25, 0.3) is 0 Å². The molecule has 4 nitrogen and oxygen atoms in total. The van der Waals surface area contributed by atoms with E-state index in [2.05, 4.69) is 14.8 Å². The number of nitrogens with one attached hydrogen (secondary N) is 1. The molecule has 1 fully saturated rings. The van der Waals surface area contributed by atoms with E-state index in [4.69, 9.17) is 0 Å². The number of piperidine rings is 1. The summed E-state index contributed by atoms with van der Waals surface area (Å²) in [7, 11) is 0. The number of alkyl halides is 6. The lowest BCUT2D eigenvalue weighted by molar-refractivity contribution is -0.275. The van der Waals surface area contributed by atoms with Crippen molar-refractivity contribution in [2.75, 3.05) is 13.1 Å². The maximum Gasteiger partial charge on any atom is 0.573 e. The molecule has 0 aromatic heterocycles. The summed E-state index contributed by atoms with van der Waals surface area (Å²) in [6.07, 6.45) is -4.54. The van der Waals surface area contributed by atoms with Crippen LogP contribution in [0.25, 0.3) is 0 Å². The lowest BCUT2D eigenvalue weighted by atomic mass is 9.81. The van der Waals surface area contributed by atoms with Crippen LogP contribution in [0.2, 0.25) is 0 Å². The van der Waals surface area contributed by atoms with E-state index in [0.717, 1.165) is 56.5 Å². The van der Waals surface area contributed by atoms with Crippen LogP contribution < -0.4 is 14.8 Å². The van der Waals surface area contributed by atoms with Gasteiger partial charge in [0.15, 0.2) is 0 Å². The first-order chi connectivity index (χ1) is 15.5. The van der Waals surface area contributed by atoms with Crippen LogP contribution in [0, 0.1) is 5.92 Å². The molecule has 1 aliphatic carbocycles. The standard InChI is InChI=1S/C15H18F3NO.C8H5F3O2/c16-15(17,18)20-12-3-1-10-2-4-13(14(10)9-12)11-5-7-19-8-6-11;9-8(10,11)13-7-3-1-6(5-12)2-4-7/h1,3,9,11,13,19H,2,4-8H2;1-5H. The number of fused-ring (bicyclic) bond motifs is 1. The van der Waals surface area contributed by atoms with Gasteiger partial charge in [-0.2, -0.15) is 0 Å². The average molecular weight is 475 g/mol. The third kappa shape index (κ3) is 7.66.